The number of halogens is 1. The van der Waals surface area contributed by atoms with Crippen molar-refractivity contribution in [1.82, 2.24) is 0 Å². The van der Waals surface area contributed by atoms with Crippen LogP contribution in [0, 0.1) is 17.4 Å². The number of rotatable bonds is 6. The fraction of sp³-hybridized carbons (Fsp3) is 0.136. The van der Waals surface area contributed by atoms with Gasteiger partial charge in [0.1, 0.15) is 6.54 Å². The van der Waals surface area contributed by atoms with Gasteiger partial charge in [-0.3, -0.25) is 9.10 Å². The van der Waals surface area contributed by atoms with Crippen LogP contribution in [0.1, 0.15) is 11.1 Å². The highest BCUT2D eigenvalue weighted by Crippen LogP contribution is 2.28. The van der Waals surface area contributed by atoms with E-state index < -0.39 is 15.9 Å². The van der Waals surface area contributed by atoms with Gasteiger partial charge in [0.25, 0.3) is 10.0 Å². The van der Waals surface area contributed by atoms with Gasteiger partial charge in [-0.25, -0.2) is 8.42 Å². The van der Waals surface area contributed by atoms with E-state index in [1.165, 1.54) is 16.4 Å². The summed E-state index contributed by atoms with van der Waals surface area (Å²) in [5.41, 5.74) is 2.88. The standard InChI is InChI=1S/C22H21IN2O3S/c1-16-7-6-10-21(17(16)2)25(29(27,28)20-8-4-3-5-9-20)15-22(26)24-19-13-11-18(23)12-14-19/h3-14H,15H2,1-2H3,(H,24,26). The Hall–Kier alpha value is -2.39. The van der Waals surface area contributed by atoms with E-state index in [2.05, 4.69) is 27.9 Å². The number of carbonyl (C=O) groups excluding carboxylic acids is 1. The molecule has 0 saturated carbocycles. The Morgan fingerprint density at radius 1 is 0.931 bits per heavy atom. The Kier molecular flexibility index (Phi) is 6.59. The van der Waals surface area contributed by atoms with Crippen LogP contribution in [0.2, 0.25) is 0 Å². The maximum atomic E-state index is 13.4. The van der Waals surface area contributed by atoms with Gasteiger partial charge in [-0.05, 0) is 90.0 Å². The molecule has 0 aliphatic carbocycles. The minimum atomic E-state index is -3.92. The molecule has 0 spiro atoms. The second-order valence-electron chi connectivity index (χ2n) is 6.60. The third-order valence-electron chi connectivity index (χ3n) is 4.59. The van der Waals surface area contributed by atoms with Crippen molar-refractivity contribution in [3.8, 4) is 0 Å². The molecule has 1 N–H and O–H groups in total. The third kappa shape index (κ3) is 4.97. The first-order valence-electron chi connectivity index (χ1n) is 8.98. The van der Waals surface area contributed by atoms with Crippen LogP contribution in [-0.2, 0) is 14.8 Å². The third-order valence-corrected chi connectivity index (χ3v) is 7.08. The lowest BCUT2D eigenvalue weighted by molar-refractivity contribution is -0.114. The van der Waals surface area contributed by atoms with Crippen molar-refractivity contribution in [2.45, 2.75) is 18.7 Å². The average molecular weight is 520 g/mol. The van der Waals surface area contributed by atoms with Gasteiger partial charge in [-0.1, -0.05) is 30.3 Å². The van der Waals surface area contributed by atoms with E-state index in [9.17, 15) is 13.2 Å². The summed E-state index contributed by atoms with van der Waals surface area (Å²) in [6.45, 7) is 3.44. The Labute approximate surface area is 184 Å². The molecule has 0 saturated heterocycles. The molecule has 0 radical (unpaired) electrons. The lowest BCUT2D eigenvalue weighted by atomic mass is 10.1. The highest BCUT2D eigenvalue weighted by Gasteiger charge is 2.28. The molecule has 5 nitrogen and oxygen atoms in total. The van der Waals surface area contributed by atoms with Gasteiger partial charge in [-0.2, -0.15) is 0 Å². The lowest BCUT2D eigenvalue weighted by Gasteiger charge is -2.26. The Bertz CT molecular complexity index is 1110. The van der Waals surface area contributed by atoms with Gasteiger partial charge in [0.15, 0.2) is 0 Å². The van der Waals surface area contributed by atoms with Crippen LogP contribution in [0.3, 0.4) is 0 Å². The number of amides is 1. The molecule has 29 heavy (non-hydrogen) atoms. The maximum Gasteiger partial charge on any atom is 0.264 e. The van der Waals surface area contributed by atoms with Crippen molar-refractivity contribution in [2.75, 3.05) is 16.2 Å². The van der Waals surface area contributed by atoms with Crippen molar-refractivity contribution in [2.24, 2.45) is 0 Å². The predicted molar refractivity (Wildman–Crippen MR) is 125 cm³/mol. The molecule has 0 heterocycles. The molecule has 0 aromatic heterocycles. The number of nitrogens with one attached hydrogen (secondary N) is 1. The summed E-state index contributed by atoms with van der Waals surface area (Å²) in [7, 11) is -3.92. The van der Waals surface area contributed by atoms with Crippen LogP contribution >= 0.6 is 22.6 Å². The smallest absolute Gasteiger partial charge is 0.264 e. The Morgan fingerprint density at radius 2 is 1.59 bits per heavy atom. The van der Waals surface area contributed by atoms with Gasteiger partial charge < -0.3 is 5.32 Å². The molecule has 3 aromatic carbocycles. The molecule has 3 rings (SSSR count). The van der Waals surface area contributed by atoms with Crippen molar-refractivity contribution >= 4 is 49.9 Å². The van der Waals surface area contributed by atoms with Gasteiger partial charge in [-0.15, -0.1) is 0 Å². The molecule has 150 valence electrons. The van der Waals surface area contributed by atoms with E-state index >= 15 is 0 Å². The molecule has 7 heteroatoms. The fourth-order valence-corrected chi connectivity index (χ4v) is 4.75. The monoisotopic (exact) mass is 520 g/mol. The summed E-state index contributed by atoms with van der Waals surface area (Å²) in [4.78, 5) is 12.9. The van der Waals surface area contributed by atoms with Crippen molar-refractivity contribution in [1.29, 1.82) is 0 Å². The normalized spacial score (nSPS) is 11.1. The van der Waals surface area contributed by atoms with Crippen LogP contribution < -0.4 is 9.62 Å². The molecule has 1 amide bonds. The van der Waals surface area contributed by atoms with E-state index in [4.69, 9.17) is 0 Å². The number of nitrogens with zero attached hydrogens (tertiary/aromatic N) is 1. The number of hydrogen-bond acceptors (Lipinski definition) is 3. The second-order valence-corrected chi connectivity index (χ2v) is 9.71. The number of hydrogen-bond donors (Lipinski definition) is 1. The van der Waals surface area contributed by atoms with E-state index in [0.29, 0.717) is 11.4 Å². The highest BCUT2D eigenvalue weighted by atomic mass is 127. The first kappa shape index (κ1) is 21.3. The van der Waals surface area contributed by atoms with Gasteiger partial charge in [0.2, 0.25) is 5.91 Å². The van der Waals surface area contributed by atoms with Crippen molar-refractivity contribution in [3.05, 3.63) is 87.5 Å². The van der Waals surface area contributed by atoms with E-state index in [0.717, 1.165) is 14.7 Å². The van der Waals surface area contributed by atoms with Crippen LogP contribution in [0.15, 0.2) is 77.7 Å². The summed E-state index contributed by atoms with van der Waals surface area (Å²) in [5.74, 6) is -0.411. The lowest BCUT2D eigenvalue weighted by Crippen LogP contribution is -2.38. The topological polar surface area (TPSA) is 66.5 Å². The van der Waals surface area contributed by atoms with Gasteiger partial charge in [0.05, 0.1) is 10.6 Å². The Morgan fingerprint density at radius 3 is 2.24 bits per heavy atom. The molecule has 0 bridgehead atoms. The van der Waals surface area contributed by atoms with Gasteiger partial charge >= 0.3 is 0 Å². The molecule has 3 aromatic rings. The maximum absolute atomic E-state index is 13.4. The minimum absolute atomic E-state index is 0.142. The summed E-state index contributed by atoms with van der Waals surface area (Å²) < 4.78 is 29.0. The summed E-state index contributed by atoms with van der Waals surface area (Å²) in [6, 6.07) is 20.9. The Balaban J connectivity index is 1.98. The number of benzene rings is 3. The number of carbonyl (C=O) groups is 1. The minimum Gasteiger partial charge on any atom is -0.325 e. The van der Waals surface area contributed by atoms with Crippen LogP contribution in [0.4, 0.5) is 11.4 Å². The van der Waals surface area contributed by atoms with E-state index in [1.807, 2.05) is 32.0 Å². The summed E-state index contributed by atoms with van der Waals surface area (Å²) in [5, 5.41) is 2.78. The fourth-order valence-electron chi connectivity index (χ4n) is 2.89. The van der Waals surface area contributed by atoms with Crippen molar-refractivity contribution in [3.63, 3.8) is 0 Å². The molecule has 0 fully saturated rings. The number of anilines is 2. The molecule has 0 aliphatic heterocycles. The zero-order valence-electron chi connectivity index (χ0n) is 16.1. The molecule has 0 atom stereocenters. The van der Waals surface area contributed by atoms with E-state index in [1.54, 1.807) is 42.5 Å². The van der Waals surface area contributed by atoms with Crippen LogP contribution in [0.25, 0.3) is 0 Å². The SMILES string of the molecule is Cc1cccc(N(CC(=O)Nc2ccc(I)cc2)S(=O)(=O)c2ccccc2)c1C. The zero-order valence-corrected chi connectivity index (χ0v) is 19.1. The van der Waals surface area contributed by atoms with E-state index in [-0.39, 0.29) is 11.4 Å². The number of sulfonamides is 1. The van der Waals surface area contributed by atoms with Crippen molar-refractivity contribution < 1.29 is 13.2 Å². The largest absolute Gasteiger partial charge is 0.325 e. The van der Waals surface area contributed by atoms with Crippen LogP contribution in [0.5, 0.6) is 0 Å². The predicted octanol–water partition coefficient (Wildman–Crippen LogP) is 4.74. The second kappa shape index (κ2) is 8.96. The first-order chi connectivity index (χ1) is 13.8. The first-order valence-corrected chi connectivity index (χ1v) is 11.5. The average Bonchev–Trinajstić information content (AvgIpc) is 2.71. The summed E-state index contributed by atoms with van der Waals surface area (Å²) in [6.07, 6.45) is 0. The molecule has 0 unspecified atom stereocenters. The number of aryl methyl sites for hydroxylation is 1. The molecular formula is C22H21IN2O3S. The quantitative estimate of drug-likeness (QED) is 0.478. The summed E-state index contributed by atoms with van der Waals surface area (Å²) >= 11 is 2.18. The van der Waals surface area contributed by atoms with Crippen LogP contribution in [-0.4, -0.2) is 20.9 Å². The van der Waals surface area contributed by atoms with Gasteiger partial charge in [0, 0.05) is 9.26 Å². The molecule has 0 aliphatic rings. The zero-order chi connectivity index (χ0) is 21.0. The molecular weight excluding hydrogens is 499 g/mol. The highest BCUT2D eigenvalue weighted by molar-refractivity contribution is 14.1.